The number of nitrogens with zero attached hydrogens (tertiary/aromatic N) is 2. The van der Waals surface area contributed by atoms with E-state index in [0.29, 0.717) is 23.7 Å². The minimum absolute atomic E-state index is 0.0890. The smallest absolute Gasteiger partial charge is 0.254 e. The number of amides is 1. The molecule has 4 nitrogen and oxygen atoms in total. The van der Waals surface area contributed by atoms with Crippen molar-refractivity contribution in [1.29, 1.82) is 0 Å². The van der Waals surface area contributed by atoms with E-state index >= 15 is 0 Å². The Morgan fingerprint density at radius 3 is 2.39 bits per heavy atom. The van der Waals surface area contributed by atoms with E-state index in [-0.39, 0.29) is 18.4 Å². The van der Waals surface area contributed by atoms with E-state index in [1.54, 1.807) is 0 Å². The fourth-order valence-electron chi connectivity index (χ4n) is 5.77. The molecule has 1 amide bonds. The molecule has 0 bridgehead atoms. The molecule has 1 aliphatic rings. The molecule has 0 radical (unpaired) electrons. The quantitative estimate of drug-likeness (QED) is 0.265. The lowest BCUT2D eigenvalue weighted by molar-refractivity contribution is 0.0951. The highest BCUT2D eigenvalue weighted by atomic mass is 19.2. The van der Waals surface area contributed by atoms with Crippen LogP contribution in [0.3, 0.4) is 0 Å². The van der Waals surface area contributed by atoms with Crippen molar-refractivity contribution in [2.75, 3.05) is 11.9 Å². The fraction of sp³-hybridized carbons (Fsp3) is 0.344. The first-order chi connectivity index (χ1) is 18.3. The largest absolute Gasteiger partial charge is 0.372 e. The SMILES string of the molecule is CC(C)c1c(C(=O)NCc2ccc(F)c(F)c2)c2ccc(N(C)C3CCCC3)cc2n1Cc1ccccc1. The van der Waals surface area contributed by atoms with Crippen molar-refractivity contribution in [2.24, 2.45) is 0 Å². The van der Waals surface area contributed by atoms with Gasteiger partial charge >= 0.3 is 0 Å². The Labute approximate surface area is 223 Å². The summed E-state index contributed by atoms with van der Waals surface area (Å²) >= 11 is 0. The lowest BCUT2D eigenvalue weighted by atomic mass is 10.0. The van der Waals surface area contributed by atoms with Gasteiger partial charge in [-0.05, 0) is 60.2 Å². The zero-order chi connectivity index (χ0) is 26.8. The van der Waals surface area contributed by atoms with Gasteiger partial charge in [-0.25, -0.2) is 8.78 Å². The predicted octanol–water partition coefficient (Wildman–Crippen LogP) is 7.40. The molecule has 4 aromatic rings. The molecule has 0 saturated heterocycles. The minimum atomic E-state index is -0.919. The van der Waals surface area contributed by atoms with E-state index in [9.17, 15) is 13.6 Å². The number of aromatic nitrogens is 1. The molecular formula is C32H35F2N3O. The summed E-state index contributed by atoms with van der Waals surface area (Å²) in [6, 6.07) is 20.9. The van der Waals surface area contributed by atoms with E-state index in [2.05, 4.69) is 66.0 Å². The number of anilines is 1. The average Bonchev–Trinajstić information content (AvgIpc) is 3.56. The van der Waals surface area contributed by atoms with Crippen LogP contribution in [-0.4, -0.2) is 23.6 Å². The molecule has 3 aromatic carbocycles. The van der Waals surface area contributed by atoms with Gasteiger partial charge in [-0.15, -0.1) is 0 Å². The third-order valence-corrected chi connectivity index (χ3v) is 7.76. The van der Waals surface area contributed by atoms with Crippen LogP contribution in [0.4, 0.5) is 14.5 Å². The van der Waals surface area contributed by atoms with Crippen LogP contribution in [0, 0.1) is 11.6 Å². The summed E-state index contributed by atoms with van der Waals surface area (Å²) in [6.07, 6.45) is 4.94. The normalized spacial score (nSPS) is 13.9. The molecule has 0 aliphatic heterocycles. The van der Waals surface area contributed by atoms with Gasteiger partial charge in [-0.2, -0.15) is 0 Å². The van der Waals surface area contributed by atoms with E-state index in [0.717, 1.165) is 40.0 Å². The zero-order valence-electron chi connectivity index (χ0n) is 22.3. The lowest BCUT2D eigenvalue weighted by Gasteiger charge is -2.26. The van der Waals surface area contributed by atoms with Crippen LogP contribution < -0.4 is 10.2 Å². The van der Waals surface area contributed by atoms with Gasteiger partial charge in [0.15, 0.2) is 11.6 Å². The van der Waals surface area contributed by atoms with Gasteiger partial charge in [0.1, 0.15) is 0 Å². The lowest BCUT2D eigenvalue weighted by Crippen LogP contribution is -2.28. The predicted molar refractivity (Wildman–Crippen MR) is 150 cm³/mol. The van der Waals surface area contributed by atoms with Gasteiger partial charge in [0, 0.05) is 42.9 Å². The van der Waals surface area contributed by atoms with Crippen molar-refractivity contribution in [3.8, 4) is 0 Å². The summed E-state index contributed by atoms with van der Waals surface area (Å²) < 4.78 is 29.4. The van der Waals surface area contributed by atoms with Crippen LogP contribution in [0.25, 0.3) is 10.9 Å². The van der Waals surface area contributed by atoms with Crippen LogP contribution in [0.5, 0.6) is 0 Å². The Morgan fingerprint density at radius 2 is 1.71 bits per heavy atom. The minimum Gasteiger partial charge on any atom is -0.372 e. The van der Waals surface area contributed by atoms with E-state index in [1.807, 2.05) is 18.2 Å². The van der Waals surface area contributed by atoms with Crippen LogP contribution in [0.1, 0.15) is 72.6 Å². The average molecular weight is 516 g/mol. The summed E-state index contributed by atoms with van der Waals surface area (Å²) in [6.45, 7) is 4.97. The van der Waals surface area contributed by atoms with Gasteiger partial charge < -0.3 is 14.8 Å². The Morgan fingerprint density at radius 1 is 0.974 bits per heavy atom. The van der Waals surface area contributed by atoms with Crippen molar-refractivity contribution >= 4 is 22.5 Å². The number of halogens is 2. The topological polar surface area (TPSA) is 37.3 Å². The number of hydrogen-bond donors (Lipinski definition) is 1. The Hall–Kier alpha value is -3.67. The molecule has 1 N–H and O–H groups in total. The number of rotatable bonds is 8. The highest BCUT2D eigenvalue weighted by Gasteiger charge is 2.26. The molecule has 0 atom stereocenters. The first-order valence-electron chi connectivity index (χ1n) is 13.5. The summed E-state index contributed by atoms with van der Waals surface area (Å²) in [7, 11) is 2.17. The van der Waals surface area contributed by atoms with Crippen LogP contribution in [0.15, 0.2) is 66.7 Å². The maximum Gasteiger partial charge on any atom is 0.254 e. The highest BCUT2D eigenvalue weighted by Crippen LogP contribution is 2.36. The standard InChI is InChI=1S/C32H35F2N3O/c1-21(2)31-30(32(38)35-19-23-13-16-27(33)28(34)17-23)26-15-14-25(36(3)24-11-7-8-12-24)18-29(26)37(31)20-22-9-5-4-6-10-22/h4-6,9-10,13-18,21,24H,7-8,11-12,19-20H2,1-3H3,(H,35,38). The molecule has 1 aromatic heterocycles. The first-order valence-corrected chi connectivity index (χ1v) is 13.5. The van der Waals surface area contributed by atoms with Gasteiger partial charge in [0.05, 0.1) is 11.1 Å². The molecule has 1 heterocycles. The zero-order valence-corrected chi connectivity index (χ0v) is 22.3. The molecule has 0 spiro atoms. The number of carbonyl (C=O) groups is 1. The molecule has 5 rings (SSSR count). The van der Waals surface area contributed by atoms with Gasteiger partial charge in [-0.3, -0.25) is 4.79 Å². The summed E-state index contributed by atoms with van der Waals surface area (Å²) in [5.74, 6) is -1.94. The van der Waals surface area contributed by atoms with E-state index in [1.165, 1.54) is 31.7 Å². The molecule has 0 unspecified atom stereocenters. The summed E-state index contributed by atoms with van der Waals surface area (Å²) in [5, 5.41) is 3.86. The number of fused-ring (bicyclic) bond motifs is 1. The molecule has 1 fully saturated rings. The van der Waals surface area contributed by atoms with Crippen molar-refractivity contribution in [3.05, 3.63) is 101 Å². The fourth-order valence-corrected chi connectivity index (χ4v) is 5.77. The van der Waals surface area contributed by atoms with Crippen LogP contribution >= 0.6 is 0 Å². The van der Waals surface area contributed by atoms with E-state index < -0.39 is 11.6 Å². The van der Waals surface area contributed by atoms with E-state index in [4.69, 9.17) is 0 Å². The van der Waals surface area contributed by atoms with Crippen LogP contribution in [-0.2, 0) is 13.1 Å². The van der Waals surface area contributed by atoms with Crippen molar-refractivity contribution in [1.82, 2.24) is 9.88 Å². The second kappa shape index (κ2) is 11.0. The molecule has 1 aliphatic carbocycles. The second-order valence-corrected chi connectivity index (χ2v) is 10.7. The number of benzene rings is 3. The van der Waals surface area contributed by atoms with Crippen molar-refractivity contribution in [3.63, 3.8) is 0 Å². The highest BCUT2D eigenvalue weighted by molar-refractivity contribution is 6.09. The third-order valence-electron chi connectivity index (χ3n) is 7.76. The Bertz CT molecular complexity index is 1440. The van der Waals surface area contributed by atoms with Gasteiger partial charge in [0.25, 0.3) is 5.91 Å². The third kappa shape index (κ3) is 5.17. The second-order valence-electron chi connectivity index (χ2n) is 10.7. The van der Waals surface area contributed by atoms with Crippen molar-refractivity contribution in [2.45, 2.75) is 64.6 Å². The maximum atomic E-state index is 13.7. The molecule has 38 heavy (non-hydrogen) atoms. The van der Waals surface area contributed by atoms with Gasteiger partial charge in [-0.1, -0.05) is 63.1 Å². The number of carbonyl (C=O) groups excluding carboxylic acids is 1. The van der Waals surface area contributed by atoms with Crippen molar-refractivity contribution < 1.29 is 13.6 Å². The Kier molecular flexibility index (Phi) is 7.50. The van der Waals surface area contributed by atoms with Crippen LogP contribution in [0.2, 0.25) is 0 Å². The molecule has 198 valence electrons. The Balaban J connectivity index is 1.57. The summed E-state index contributed by atoms with van der Waals surface area (Å²) in [4.78, 5) is 16.1. The first kappa shape index (κ1) is 26.0. The van der Waals surface area contributed by atoms with Gasteiger partial charge in [0.2, 0.25) is 0 Å². The molecule has 6 heteroatoms. The molecular weight excluding hydrogens is 480 g/mol. The maximum absolute atomic E-state index is 13.7. The summed E-state index contributed by atoms with van der Waals surface area (Å²) in [5.41, 5.74) is 5.46. The number of hydrogen-bond acceptors (Lipinski definition) is 2. The number of nitrogens with one attached hydrogen (secondary N) is 1. The molecule has 1 saturated carbocycles. The monoisotopic (exact) mass is 515 g/mol.